The fraction of sp³-hybridized carbons (Fsp3) is 0.583. The fourth-order valence-electron chi connectivity index (χ4n) is 5.48. The Kier molecular flexibility index (Phi) is 5.70. The van der Waals surface area contributed by atoms with Gasteiger partial charge in [0, 0.05) is 62.6 Å². The minimum atomic E-state index is -3.79. The van der Waals surface area contributed by atoms with Gasteiger partial charge in [0.25, 0.3) is 10.2 Å². The molecule has 1 spiro atoms. The SMILES string of the molecule is O=C1CO[C@@]2(CCN(S(=O)(=O)N3CCN(c4ccc5cccnc5c4)CC3)C[C@@H]2F)CN1C1CC1. The second-order valence-corrected chi connectivity index (χ2v) is 11.9. The molecule has 4 heterocycles. The molecule has 4 fully saturated rings. The molecule has 0 unspecified atom stereocenters. The largest absolute Gasteiger partial charge is 0.369 e. The lowest BCUT2D eigenvalue weighted by molar-refractivity contribution is -0.185. The van der Waals surface area contributed by atoms with E-state index in [1.54, 1.807) is 11.1 Å². The molecule has 2 atom stereocenters. The highest BCUT2D eigenvalue weighted by Gasteiger charge is 2.53. The maximum atomic E-state index is 15.5. The number of aromatic nitrogens is 1. The lowest BCUT2D eigenvalue weighted by Crippen LogP contribution is -2.66. The molecule has 0 N–H and O–H groups in total. The van der Waals surface area contributed by atoms with Gasteiger partial charge in [0.2, 0.25) is 5.91 Å². The number of carbonyl (C=O) groups excluding carboxylic acids is 1. The van der Waals surface area contributed by atoms with Crippen molar-refractivity contribution in [3.8, 4) is 0 Å². The minimum absolute atomic E-state index is 0.0968. The number of pyridine rings is 1. The molecule has 1 aromatic carbocycles. The third-order valence-electron chi connectivity index (χ3n) is 7.79. The van der Waals surface area contributed by atoms with Crippen molar-refractivity contribution < 1.29 is 22.3 Å². The van der Waals surface area contributed by atoms with E-state index in [2.05, 4.69) is 9.88 Å². The van der Waals surface area contributed by atoms with Crippen molar-refractivity contribution in [3.05, 3.63) is 36.5 Å². The van der Waals surface area contributed by atoms with E-state index in [-0.39, 0.29) is 44.6 Å². The maximum absolute atomic E-state index is 15.5. The third-order valence-corrected chi connectivity index (χ3v) is 9.80. The average Bonchev–Trinajstić information content (AvgIpc) is 3.72. The predicted molar refractivity (Wildman–Crippen MR) is 129 cm³/mol. The predicted octanol–water partition coefficient (Wildman–Crippen LogP) is 1.41. The molecule has 35 heavy (non-hydrogen) atoms. The Balaban J connectivity index is 1.10. The average molecular weight is 504 g/mol. The Hall–Kier alpha value is -2.34. The molecule has 6 rings (SSSR count). The summed E-state index contributed by atoms with van der Waals surface area (Å²) in [5.74, 6) is -0.0968. The summed E-state index contributed by atoms with van der Waals surface area (Å²) in [5, 5.41) is 1.06. The molecular formula is C24H30FN5O4S. The van der Waals surface area contributed by atoms with E-state index in [0.29, 0.717) is 26.2 Å². The van der Waals surface area contributed by atoms with E-state index in [0.717, 1.165) is 29.4 Å². The van der Waals surface area contributed by atoms with Gasteiger partial charge in [-0.2, -0.15) is 17.0 Å². The monoisotopic (exact) mass is 503 g/mol. The first-order valence-electron chi connectivity index (χ1n) is 12.3. The van der Waals surface area contributed by atoms with Crippen LogP contribution in [0.3, 0.4) is 0 Å². The summed E-state index contributed by atoms with van der Waals surface area (Å²) in [6, 6.07) is 10.2. The van der Waals surface area contributed by atoms with Gasteiger partial charge in [-0.3, -0.25) is 9.78 Å². The van der Waals surface area contributed by atoms with Crippen LogP contribution in [0.1, 0.15) is 19.3 Å². The van der Waals surface area contributed by atoms with Crippen LogP contribution >= 0.6 is 0 Å². The number of piperazine rings is 1. The zero-order valence-electron chi connectivity index (χ0n) is 19.6. The molecule has 3 saturated heterocycles. The van der Waals surface area contributed by atoms with Crippen molar-refractivity contribution in [2.75, 3.05) is 57.3 Å². The number of carbonyl (C=O) groups is 1. The second-order valence-electron chi connectivity index (χ2n) is 9.96. The lowest BCUT2D eigenvalue weighted by Gasteiger charge is -2.49. The van der Waals surface area contributed by atoms with Gasteiger partial charge in [-0.1, -0.05) is 12.1 Å². The van der Waals surface area contributed by atoms with Gasteiger partial charge in [0.15, 0.2) is 0 Å². The number of nitrogens with zero attached hydrogens (tertiary/aromatic N) is 5. The van der Waals surface area contributed by atoms with E-state index in [9.17, 15) is 13.2 Å². The number of ether oxygens (including phenoxy) is 1. The van der Waals surface area contributed by atoms with Crippen molar-refractivity contribution in [1.29, 1.82) is 0 Å². The normalized spacial score (nSPS) is 29.3. The van der Waals surface area contributed by atoms with Crippen LogP contribution in [0.2, 0.25) is 0 Å². The van der Waals surface area contributed by atoms with Crippen molar-refractivity contribution in [2.45, 2.75) is 37.1 Å². The maximum Gasteiger partial charge on any atom is 0.282 e. The molecule has 188 valence electrons. The van der Waals surface area contributed by atoms with Crippen LogP contribution in [0.15, 0.2) is 36.5 Å². The number of benzene rings is 1. The first kappa shape index (κ1) is 23.1. The summed E-state index contributed by atoms with van der Waals surface area (Å²) in [6.45, 7) is 1.80. The van der Waals surface area contributed by atoms with Crippen LogP contribution < -0.4 is 4.90 Å². The van der Waals surface area contributed by atoms with Crippen LogP contribution in [-0.4, -0.2) is 103 Å². The molecule has 1 aliphatic carbocycles. The van der Waals surface area contributed by atoms with Gasteiger partial charge in [0.1, 0.15) is 18.4 Å². The number of fused-ring (bicyclic) bond motifs is 1. The van der Waals surface area contributed by atoms with Gasteiger partial charge in [-0.15, -0.1) is 0 Å². The van der Waals surface area contributed by atoms with E-state index in [1.807, 2.05) is 30.3 Å². The van der Waals surface area contributed by atoms with Crippen LogP contribution in [0.4, 0.5) is 10.1 Å². The van der Waals surface area contributed by atoms with E-state index < -0.39 is 22.0 Å². The van der Waals surface area contributed by atoms with Gasteiger partial charge in [-0.05, 0) is 37.5 Å². The van der Waals surface area contributed by atoms with Crippen molar-refractivity contribution in [1.82, 2.24) is 18.5 Å². The number of amides is 1. The zero-order chi connectivity index (χ0) is 24.2. The number of hydrogen-bond donors (Lipinski definition) is 0. The molecular weight excluding hydrogens is 473 g/mol. The Bertz CT molecular complexity index is 1230. The summed E-state index contributed by atoms with van der Waals surface area (Å²) in [7, 11) is -3.79. The number of hydrogen-bond acceptors (Lipinski definition) is 6. The van der Waals surface area contributed by atoms with Gasteiger partial charge in [-0.25, -0.2) is 4.39 Å². The van der Waals surface area contributed by atoms with Crippen LogP contribution in [0.25, 0.3) is 10.9 Å². The number of morpholine rings is 1. The molecule has 4 aliphatic rings. The van der Waals surface area contributed by atoms with E-state index in [4.69, 9.17) is 4.74 Å². The Morgan fingerprint density at radius 1 is 1.06 bits per heavy atom. The molecule has 1 saturated carbocycles. The minimum Gasteiger partial charge on any atom is -0.369 e. The quantitative estimate of drug-likeness (QED) is 0.627. The van der Waals surface area contributed by atoms with Crippen LogP contribution in [0, 0.1) is 0 Å². The topological polar surface area (TPSA) is 86.3 Å². The molecule has 3 aliphatic heterocycles. The van der Waals surface area contributed by atoms with Crippen molar-refractivity contribution in [3.63, 3.8) is 0 Å². The number of halogens is 1. The lowest BCUT2D eigenvalue weighted by atomic mass is 9.88. The van der Waals surface area contributed by atoms with E-state index >= 15 is 4.39 Å². The summed E-state index contributed by atoms with van der Waals surface area (Å²) in [4.78, 5) is 20.5. The number of alkyl halides is 1. The van der Waals surface area contributed by atoms with E-state index in [1.165, 1.54) is 8.61 Å². The Morgan fingerprint density at radius 2 is 1.86 bits per heavy atom. The molecule has 2 aromatic rings. The Morgan fingerprint density at radius 3 is 2.60 bits per heavy atom. The molecule has 9 nitrogen and oxygen atoms in total. The zero-order valence-corrected chi connectivity index (χ0v) is 20.4. The summed E-state index contributed by atoms with van der Waals surface area (Å²) in [6.07, 6.45) is 2.42. The fourth-order valence-corrected chi connectivity index (χ4v) is 7.07. The van der Waals surface area contributed by atoms with Crippen LogP contribution in [-0.2, 0) is 19.7 Å². The number of piperidine rings is 1. The first-order chi connectivity index (χ1) is 16.9. The van der Waals surface area contributed by atoms with Gasteiger partial charge < -0.3 is 14.5 Å². The molecule has 1 aromatic heterocycles. The third kappa shape index (κ3) is 4.18. The standard InChI is InChI=1S/C24H30FN5O4S/c25-22-15-29(9-7-24(22)17-30(19-5-6-19)23(31)16-34-24)35(32,33)28-12-10-27(11-13-28)20-4-3-18-2-1-8-26-21(18)14-20/h1-4,8,14,19,22H,5-7,9-13,15-17H2/t22-,24-/m0/s1. The summed E-state index contributed by atoms with van der Waals surface area (Å²) >= 11 is 0. The summed E-state index contributed by atoms with van der Waals surface area (Å²) in [5.41, 5.74) is 0.815. The second kappa shape index (κ2) is 8.65. The van der Waals surface area contributed by atoms with Crippen LogP contribution in [0.5, 0.6) is 0 Å². The van der Waals surface area contributed by atoms with Crippen molar-refractivity contribution >= 4 is 32.7 Å². The highest BCUT2D eigenvalue weighted by Crippen LogP contribution is 2.38. The van der Waals surface area contributed by atoms with Gasteiger partial charge >= 0.3 is 0 Å². The smallest absolute Gasteiger partial charge is 0.282 e. The van der Waals surface area contributed by atoms with Crippen molar-refractivity contribution in [2.24, 2.45) is 0 Å². The Labute approximate surface area is 204 Å². The number of rotatable bonds is 4. The highest BCUT2D eigenvalue weighted by atomic mass is 32.2. The molecule has 1 amide bonds. The number of anilines is 1. The molecule has 11 heteroatoms. The summed E-state index contributed by atoms with van der Waals surface area (Å²) < 4.78 is 50.6. The molecule has 0 radical (unpaired) electrons. The highest BCUT2D eigenvalue weighted by molar-refractivity contribution is 7.86. The first-order valence-corrected chi connectivity index (χ1v) is 13.7. The molecule has 0 bridgehead atoms. The van der Waals surface area contributed by atoms with Gasteiger partial charge in [0.05, 0.1) is 12.1 Å².